The number of nitrogens with zero attached hydrogens (tertiary/aromatic N) is 2. The van der Waals surface area contributed by atoms with Crippen LogP contribution < -0.4 is 10.6 Å². The SMILES string of the molecule is CCCCN(CCO)c1cc(C)ccc1C(N)=NO. The quantitative estimate of drug-likeness (QED) is 0.303. The van der Waals surface area contributed by atoms with Crippen molar-refractivity contribution in [1.29, 1.82) is 0 Å². The van der Waals surface area contributed by atoms with Gasteiger partial charge in [0.15, 0.2) is 5.84 Å². The Balaban J connectivity index is 3.14. The van der Waals surface area contributed by atoms with Crippen LogP contribution >= 0.6 is 0 Å². The monoisotopic (exact) mass is 265 g/mol. The maximum Gasteiger partial charge on any atom is 0.172 e. The van der Waals surface area contributed by atoms with Gasteiger partial charge in [-0.1, -0.05) is 24.6 Å². The highest BCUT2D eigenvalue weighted by atomic mass is 16.4. The van der Waals surface area contributed by atoms with Crippen LogP contribution in [-0.4, -0.2) is 35.8 Å². The zero-order chi connectivity index (χ0) is 14.3. The molecular weight excluding hydrogens is 242 g/mol. The number of aliphatic hydroxyl groups is 1. The van der Waals surface area contributed by atoms with Crippen molar-refractivity contribution < 1.29 is 10.3 Å². The molecule has 1 aromatic rings. The van der Waals surface area contributed by atoms with E-state index in [9.17, 15) is 5.11 Å². The van der Waals surface area contributed by atoms with Crippen molar-refractivity contribution in [3.8, 4) is 0 Å². The van der Waals surface area contributed by atoms with Crippen molar-refractivity contribution in [2.75, 3.05) is 24.6 Å². The minimum Gasteiger partial charge on any atom is -0.409 e. The molecular formula is C14H23N3O2. The zero-order valence-corrected chi connectivity index (χ0v) is 11.6. The smallest absolute Gasteiger partial charge is 0.172 e. The lowest BCUT2D eigenvalue weighted by Gasteiger charge is -2.26. The Labute approximate surface area is 114 Å². The number of hydrogen-bond acceptors (Lipinski definition) is 4. The lowest BCUT2D eigenvalue weighted by Crippen LogP contribution is -2.30. The number of aliphatic hydroxyl groups excluding tert-OH is 1. The summed E-state index contributed by atoms with van der Waals surface area (Å²) < 4.78 is 0. The Hall–Kier alpha value is -1.75. The van der Waals surface area contributed by atoms with E-state index in [4.69, 9.17) is 10.9 Å². The first kappa shape index (κ1) is 15.3. The van der Waals surface area contributed by atoms with Gasteiger partial charge in [-0.2, -0.15) is 0 Å². The van der Waals surface area contributed by atoms with Crippen molar-refractivity contribution in [1.82, 2.24) is 0 Å². The molecule has 5 heteroatoms. The molecule has 5 nitrogen and oxygen atoms in total. The number of oxime groups is 1. The minimum absolute atomic E-state index is 0.0767. The van der Waals surface area contributed by atoms with Crippen LogP contribution in [0.3, 0.4) is 0 Å². The molecule has 0 spiro atoms. The Morgan fingerprint density at radius 3 is 2.68 bits per heavy atom. The van der Waals surface area contributed by atoms with Gasteiger partial charge >= 0.3 is 0 Å². The van der Waals surface area contributed by atoms with E-state index in [0.29, 0.717) is 12.1 Å². The first-order valence-corrected chi connectivity index (χ1v) is 6.58. The number of rotatable bonds is 7. The van der Waals surface area contributed by atoms with Crippen LogP contribution in [0.5, 0.6) is 0 Å². The number of anilines is 1. The van der Waals surface area contributed by atoms with Crippen molar-refractivity contribution in [2.45, 2.75) is 26.7 Å². The van der Waals surface area contributed by atoms with E-state index in [-0.39, 0.29) is 12.4 Å². The fraction of sp³-hybridized carbons (Fsp3) is 0.500. The molecule has 19 heavy (non-hydrogen) atoms. The number of aryl methyl sites for hydroxylation is 1. The summed E-state index contributed by atoms with van der Waals surface area (Å²) in [7, 11) is 0. The van der Waals surface area contributed by atoms with Gasteiger partial charge in [0, 0.05) is 24.3 Å². The van der Waals surface area contributed by atoms with Gasteiger partial charge in [-0.15, -0.1) is 0 Å². The van der Waals surface area contributed by atoms with Gasteiger partial charge in [-0.3, -0.25) is 0 Å². The third-order valence-corrected chi connectivity index (χ3v) is 3.03. The molecule has 0 aromatic heterocycles. The van der Waals surface area contributed by atoms with Crippen LogP contribution in [0.1, 0.15) is 30.9 Å². The second-order valence-corrected chi connectivity index (χ2v) is 4.57. The molecule has 1 aromatic carbocycles. The van der Waals surface area contributed by atoms with Gasteiger partial charge in [-0.25, -0.2) is 0 Å². The summed E-state index contributed by atoms with van der Waals surface area (Å²) in [6.45, 7) is 5.57. The molecule has 0 aliphatic rings. The van der Waals surface area contributed by atoms with Gasteiger partial charge in [0.25, 0.3) is 0 Å². The average Bonchev–Trinajstić information content (AvgIpc) is 2.42. The summed E-state index contributed by atoms with van der Waals surface area (Å²) >= 11 is 0. The number of nitrogens with two attached hydrogens (primary N) is 1. The summed E-state index contributed by atoms with van der Waals surface area (Å²) in [6.07, 6.45) is 2.11. The van der Waals surface area contributed by atoms with Crippen molar-refractivity contribution in [3.05, 3.63) is 29.3 Å². The Morgan fingerprint density at radius 1 is 1.37 bits per heavy atom. The molecule has 0 aliphatic carbocycles. The predicted molar refractivity (Wildman–Crippen MR) is 77.9 cm³/mol. The molecule has 4 N–H and O–H groups in total. The minimum atomic E-state index is 0.0767. The van der Waals surface area contributed by atoms with Crippen LogP contribution in [0.15, 0.2) is 23.4 Å². The predicted octanol–water partition coefficient (Wildman–Crippen LogP) is 1.69. The first-order chi connectivity index (χ1) is 9.13. The number of amidine groups is 1. The molecule has 106 valence electrons. The molecule has 0 unspecified atom stereocenters. The average molecular weight is 265 g/mol. The molecule has 0 heterocycles. The summed E-state index contributed by atoms with van der Waals surface area (Å²) in [5, 5.41) is 21.1. The van der Waals surface area contributed by atoms with E-state index in [1.807, 2.05) is 25.1 Å². The highest BCUT2D eigenvalue weighted by Crippen LogP contribution is 2.22. The maximum atomic E-state index is 9.20. The second-order valence-electron chi connectivity index (χ2n) is 4.57. The van der Waals surface area contributed by atoms with E-state index in [1.54, 1.807) is 0 Å². The zero-order valence-electron chi connectivity index (χ0n) is 11.6. The maximum absolute atomic E-state index is 9.20. The number of unbranched alkanes of at least 4 members (excludes halogenated alkanes) is 1. The summed E-state index contributed by atoms with van der Waals surface area (Å²) in [5.74, 6) is 0.0921. The van der Waals surface area contributed by atoms with E-state index < -0.39 is 0 Å². The molecule has 1 rings (SSSR count). The van der Waals surface area contributed by atoms with Gasteiger partial charge < -0.3 is 20.9 Å². The topological polar surface area (TPSA) is 82.1 Å². The molecule has 0 bridgehead atoms. The molecule has 0 atom stereocenters. The van der Waals surface area contributed by atoms with Gasteiger partial charge in [-0.05, 0) is 31.0 Å². The molecule has 0 fully saturated rings. The van der Waals surface area contributed by atoms with Gasteiger partial charge in [0.2, 0.25) is 0 Å². The standard InChI is InChI=1S/C14H23N3O2/c1-3-4-7-17(8-9-18)13-10-11(2)5-6-12(13)14(15)16-19/h5-6,10,18-19H,3-4,7-9H2,1-2H3,(H2,15,16). The molecule has 0 amide bonds. The number of hydrogen-bond donors (Lipinski definition) is 3. The lowest BCUT2D eigenvalue weighted by molar-refractivity contribution is 0.301. The number of benzene rings is 1. The highest BCUT2D eigenvalue weighted by molar-refractivity contribution is 6.02. The fourth-order valence-corrected chi connectivity index (χ4v) is 2.00. The third kappa shape index (κ3) is 4.13. The van der Waals surface area contributed by atoms with Crippen LogP contribution in [-0.2, 0) is 0 Å². The van der Waals surface area contributed by atoms with E-state index in [0.717, 1.165) is 30.6 Å². The fourth-order valence-electron chi connectivity index (χ4n) is 2.00. The van der Waals surface area contributed by atoms with Crippen molar-refractivity contribution in [3.63, 3.8) is 0 Å². The molecule has 0 aliphatic heterocycles. The summed E-state index contributed by atoms with van der Waals surface area (Å²) in [4.78, 5) is 2.07. The molecule has 0 saturated carbocycles. The molecule has 0 saturated heterocycles. The van der Waals surface area contributed by atoms with Crippen LogP contribution in [0.2, 0.25) is 0 Å². The summed E-state index contributed by atoms with van der Waals surface area (Å²) in [6, 6.07) is 5.77. The van der Waals surface area contributed by atoms with Gasteiger partial charge in [0.1, 0.15) is 0 Å². The van der Waals surface area contributed by atoms with E-state index in [2.05, 4.69) is 17.0 Å². The Kier molecular flexibility index (Phi) is 6.15. The normalized spacial score (nSPS) is 11.6. The van der Waals surface area contributed by atoms with Crippen molar-refractivity contribution in [2.24, 2.45) is 10.9 Å². The largest absolute Gasteiger partial charge is 0.409 e. The van der Waals surface area contributed by atoms with E-state index >= 15 is 0 Å². The lowest BCUT2D eigenvalue weighted by atomic mass is 10.1. The molecule has 0 radical (unpaired) electrons. The highest BCUT2D eigenvalue weighted by Gasteiger charge is 2.13. The van der Waals surface area contributed by atoms with Crippen LogP contribution in [0.4, 0.5) is 5.69 Å². The Bertz CT molecular complexity index is 433. The van der Waals surface area contributed by atoms with E-state index in [1.165, 1.54) is 0 Å². The van der Waals surface area contributed by atoms with Crippen LogP contribution in [0.25, 0.3) is 0 Å². The summed E-state index contributed by atoms with van der Waals surface area (Å²) in [5.41, 5.74) is 8.41. The first-order valence-electron chi connectivity index (χ1n) is 6.58. The Morgan fingerprint density at radius 2 is 2.11 bits per heavy atom. The van der Waals surface area contributed by atoms with Gasteiger partial charge in [0.05, 0.1) is 6.61 Å². The second kappa shape index (κ2) is 7.63. The third-order valence-electron chi connectivity index (χ3n) is 3.03. The van der Waals surface area contributed by atoms with Crippen molar-refractivity contribution >= 4 is 11.5 Å². The van der Waals surface area contributed by atoms with Crippen LogP contribution in [0, 0.1) is 6.92 Å².